The number of nitrogens with zero attached hydrogens (tertiary/aromatic N) is 1. The highest BCUT2D eigenvalue weighted by Crippen LogP contribution is 2.56. The van der Waals surface area contributed by atoms with Crippen LogP contribution in [0.2, 0.25) is 0 Å². The number of piperidine rings is 1. The van der Waals surface area contributed by atoms with Gasteiger partial charge in [0.1, 0.15) is 18.1 Å². The Morgan fingerprint density at radius 3 is 2.04 bits per heavy atom. The van der Waals surface area contributed by atoms with Crippen LogP contribution in [-0.2, 0) is 28.7 Å². The van der Waals surface area contributed by atoms with Crippen molar-refractivity contribution in [2.75, 3.05) is 6.54 Å². The van der Waals surface area contributed by atoms with Crippen LogP contribution in [0.1, 0.15) is 93.4 Å². The number of likely N-dealkylation sites (tertiary alicyclic amines) is 1. The Hall–Kier alpha value is -3.44. The Kier molecular flexibility index (Phi) is 10.3. The van der Waals surface area contributed by atoms with Crippen LogP contribution >= 0.6 is 0 Å². The average Bonchev–Trinajstić information content (AvgIpc) is 3.45. The van der Waals surface area contributed by atoms with Crippen molar-refractivity contribution in [3.05, 3.63) is 11.1 Å². The van der Waals surface area contributed by atoms with Gasteiger partial charge >= 0.3 is 12.0 Å². The molecule has 0 bridgehead atoms. The van der Waals surface area contributed by atoms with Gasteiger partial charge in [-0.1, -0.05) is 57.6 Å². The number of ether oxygens (including phenoxy) is 1. The van der Waals surface area contributed by atoms with E-state index >= 15 is 0 Å². The Balaban J connectivity index is 1.54. The number of nitrogens with two attached hydrogens (primary N) is 1. The fourth-order valence-electron chi connectivity index (χ4n) is 7.00. The molecule has 45 heavy (non-hydrogen) atoms. The molecule has 6 atom stereocenters. The van der Waals surface area contributed by atoms with Gasteiger partial charge in [-0.05, 0) is 64.2 Å². The third-order valence-electron chi connectivity index (χ3n) is 9.85. The number of urea groups is 1. The molecule has 0 aromatic rings. The van der Waals surface area contributed by atoms with Gasteiger partial charge in [0.25, 0.3) is 5.91 Å². The lowest BCUT2D eigenvalue weighted by atomic mass is 9.79. The number of hydrogen-bond donors (Lipinski definition) is 4. The summed E-state index contributed by atoms with van der Waals surface area (Å²) < 4.78 is 5.40. The normalized spacial score (nSPS) is 24.8. The largest absolute Gasteiger partial charge is 0.461 e. The number of Topliss-reactive ketones (excluding diaryl/α,β-unsaturated/α-hetero) is 1. The molecule has 0 radical (unpaired) electrons. The van der Waals surface area contributed by atoms with Crippen LogP contribution in [0.3, 0.4) is 0 Å². The summed E-state index contributed by atoms with van der Waals surface area (Å²) in [7, 11) is 0. The number of nitrogens with one attached hydrogen (secondary N) is 3. The van der Waals surface area contributed by atoms with Crippen molar-refractivity contribution in [1.82, 2.24) is 20.9 Å². The summed E-state index contributed by atoms with van der Waals surface area (Å²) in [5.41, 5.74) is 6.77. The molecule has 1 unspecified atom stereocenters. The van der Waals surface area contributed by atoms with Crippen molar-refractivity contribution in [3.63, 3.8) is 0 Å². The maximum absolute atomic E-state index is 14.3. The van der Waals surface area contributed by atoms with Gasteiger partial charge in [0.05, 0.1) is 12.1 Å². The van der Waals surface area contributed by atoms with Crippen LogP contribution in [-0.4, -0.2) is 77.2 Å². The first-order valence-corrected chi connectivity index (χ1v) is 16.4. The maximum atomic E-state index is 14.3. The van der Waals surface area contributed by atoms with Crippen molar-refractivity contribution >= 4 is 35.5 Å². The van der Waals surface area contributed by atoms with Gasteiger partial charge in [-0.25, -0.2) is 9.59 Å². The van der Waals surface area contributed by atoms with Gasteiger partial charge in [-0.2, -0.15) is 0 Å². The number of esters is 1. The number of carbonyl (C=O) groups excluding carboxylic acids is 6. The molecule has 1 heterocycles. The first-order chi connectivity index (χ1) is 21.0. The first-order valence-electron chi connectivity index (χ1n) is 16.4. The zero-order valence-corrected chi connectivity index (χ0v) is 27.7. The molecule has 0 spiro atoms. The number of carbonyl (C=O) groups is 6. The van der Waals surface area contributed by atoms with Crippen molar-refractivity contribution in [3.8, 4) is 0 Å². The van der Waals surface area contributed by atoms with Crippen LogP contribution in [0.4, 0.5) is 4.79 Å². The summed E-state index contributed by atoms with van der Waals surface area (Å²) in [6.07, 6.45) is 5.39. The monoisotopic (exact) mass is 629 g/mol. The zero-order chi connectivity index (χ0) is 33.4. The summed E-state index contributed by atoms with van der Waals surface area (Å²) in [5, 5.41) is 8.35. The minimum Gasteiger partial charge on any atom is -0.461 e. The van der Waals surface area contributed by atoms with Crippen LogP contribution < -0.4 is 21.7 Å². The van der Waals surface area contributed by atoms with Crippen molar-refractivity contribution in [2.24, 2.45) is 34.8 Å². The fourth-order valence-corrected chi connectivity index (χ4v) is 7.00. The number of amides is 5. The lowest BCUT2D eigenvalue weighted by Gasteiger charge is -2.38. The third kappa shape index (κ3) is 7.69. The minimum absolute atomic E-state index is 0.00475. The quantitative estimate of drug-likeness (QED) is 0.145. The molecule has 1 aliphatic heterocycles. The topological polar surface area (TPSA) is 177 Å². The van der Waals surface area contributed by atoms with Crippen molar-refractivity contribution in [2.45, 2.75) is 124 Å². The lowest BCUT2D eigenvalue weighted by Crippen LogP contribution is -2.62. The minimum atomic E-state index is -1.10. The summed E-state index contributed by atoms with van der Waals surface area (Å²) in [6.45, 7) is 13.2. The smallest absolute Gasteiger partial charge is 0.329 e. The molecule has 1 saturated heterocycles. The van der Waals surface area contributed by atoms with E-state index in [1.807, 2.05) is 34.6 Å². The van der Waals surface area contributed by atoms with E-state index < -0.39 is 65.1 Å². The summed E-state index contributed by atoms with van der Waals surface area (Å²) >= 11 is 0. The zero-order valence-electron chi connectivity index (χ0n) is 27.7. The first kappa shape index (κ1) is 34.4. The standard InChI is InChI=1S/C33H51N5O7/c1-16(2)22-20-15-38(25(23(20)22)29(41)35-21(26(39)28(34)40)14-18-10-8-11-18)30(42)27(33(5,6)7)37-32(44)36-24(19-12-9-13-19)31(43)45-17(3)4/h17-21,23-25,27H,8-15H2,1-7H3,(H2,34,40)(H,35,41)(H2,36,37,44)/t20-,21?,23-,24+,25+,27-/m1/s1. The molecule has 12 nitrogen and oxygen atoms in total. The predicted molar refractivity (Wildman–Crippen MR) is 166 cm³/mol. The van der Waals surface area contributed by atoms with Gasteiger partial charge in [0, 0.05) is 18.4 Å². The van der Waals surface area contributed by atoms with E-state index in [4.69, 9.17) is 10.5 Å². The van der Waals surface area contributed by atoms with Crippen molar-refractivity contribution in [1.29, 1.82) is 0 Å². The van der Waals surface area contributed by atoms with Crippen LogP contribution in [0.25, 0.3) is 0 Å². The van der Waals surface area contributed by atoms with E-state index in [0.717, 1.165) is 49.7 Å². The SMILES string of the molecule is CC(C)=C1[C@H]2[C@@H]1CN(C(=O)[C@@H](NC(=O)N[C@H](C(=O)OC(C)C)C1CCC1)C(C)(C)C)[C@@H]2C(=O)NC(CC1CCC1)C(=O)C(N)=O. The summed E-state index contributed by atoms with van der Waals surface area (Å²) in [4.78, 5) is 80.4. The number of ketones is 1. The van der Waals surface area contributed by atoms with Gasteiger partial charge in [-0.15, -0.1) is 0 Å². The second-order valence-electron chi connectivity index (χ2n) is 14.9. The van der Waals surface area contributed by atoms with Crippen LogP contribution in [0, 0.1) is 29.1 Å². The van der Waals surface area contributed by atoms with Gasteiger partial charge in [0.15, 0.2) is 0 Å². The second-order valence-corrected chi connectivity index (χ2v) is 14.9. The fraction of sp³-hybridized carbons (Fsp3) is 0.758. The van der Waals surface area contributed by atoms with E-state index in [2.05, 4.69) is 16.0 Å². The van der Waals surface area contributed by atoms with E-state index in [-0.39, 0.29) is 29.8 Å². The second kappa shape index (κ2) is 13.5. The Labute approximate surface area is 266 Å². The van der Waals surface area contributed by atoms with Gasteiger partial charge in [-0.3, -0.25) is 19.2 Å². The van der Waals surface area contributed by atoms with E-state index in [1.54, 1.807) is 13.8 Å². The average molecular weight is 630 g/mol. The number of hydrogen-bond acceptors (Lipinski definition) is 7. The highest BCUT2D eigenvalue weighted by Gasteiger charge is 2.62. The summed E-state index contributed by atoms with van der Waals surface area (Å²) in [6, 6.07) is -4.48. The van der Waals surface area contributed by atoms with E-state index in [0.29, 0.717) is 13.0 Å². The number of rotatable bonds is 12. The lowest BCUT2D eigenvalue weighted by molar-refractivity contribution is -0.152. The Bertz CT molecular complexity index is 1240. The molecule has 5 amide bonds. The van der Waals surface area contributed by atoms with Gasteiger partial charge < -0.3 is 31.3 Å². The predicted octanol–water partition coefficient (Wildman–Crippen LogP) is 2.34. The molecule has 3 aliphatic carbocycles. The highest BCUT2D eigenvalue weighted by atomic mass is 16.5. The molecule has 12 heteroatoms. The van der Waals surface area contributed by atoms with Crippen LogP contribution in [0.15, 0.2) is 11.1 Å². The van der Waals surface area contributed by atoms with E-state index in [1.165, 1.54) is 4.90 Å². The molecule has 250 valence electrons. The Morgan fingerprint density at radius 1 is 0.956 bits per heavy atom. The van der Waals surface area contributed by atoms with Gasteiger partial charge in [0.2, 0.25) is 17.6 Å². The molecule has 5 N–H and O–H groups in total. The molecule has 4 rings (SSSR count). The molecule has 4 aliphatic rings. The molecular formula is C33H51N5O7. The number of allylic oxidation sites excluding steroid dienone is 1. The molecule has 3 saturated carbocycles. The van der Waals surface area contributed by atoms with Crippen molar-refractivity contribution < 1.29 is 33.5 Å². The van der Waals surface area contributed by atoms with E-state index in [9.17, 15) is 28.8 Å². The third-order valence-corrected chi connectivity index (χ3v) is 9.85. The molecular weight excluding hydrogens is 578 g/mol. The van der Waals surface area contributed by atoms with Crippen LogP contribution in [0.5, 0.6) is 0 Å². The number of primary amides is 1. The summed E-state index contributed by atoms with van der Waals surface area (Å²) in [5.74, 6) is -3.43. The molecule has 4 fully saturated rings. The Morgan fingerprint density at radius 2 is 1.58 bits per heavy atom. The highest BCUT2D eigenvalue weighted by molar-refractivity contribution is 6.37. The number of fused-ring (bicyclic) bond motifs is 1. The molecule has 0 aromatic carbocycles. The molecule has 0 aromatic heterocycles. The maximum Gasteiger partial charge on any atom is 0.329 e.